The molecule has 1 unspecified atom stereocenters. The molecule has 3 aliphatic rings. The van der Waals surface area contributed by atoms with Crippen molar-refractivity contribution in [2.75, 3.05) is 39.4 Å². The van der Waals surface area contributed by atoms with E-state index in [-0.39, 0.29) is 17.6 Å². The molecule has 1 amide bonds. The molecule has 0 saturated carbocycles. The van der Waals surface area contributed by atoms with Gasteiger partial charge in [0.1, 0.15) is 6.10 Å². The summed E-state index contributed by atoms with van der Waals surface area (Å²) in [5, 5.41) is 3.39. The summed E-state index contributed by atoms with van der Waals surface area (Å²) in [6, 6.07) is 0. The van der Waals surface area contributed by atoms with Crippen LogP contribution in [0.4, 0.5) is 0 Å². The zero-order valence-corrected chi connectivity index (χ0v) is 10.8. The molecule has 18 heavy (non-hydrogen) atoms. The molecule has 3 rings (SSSR count). The molecular weight excluding hydrogens is 232 g/mol. The van der Waals surface area contributed by atoms with Gasteiger partial charge in [0.2, 0.25) is 0 Å². The van der Waals surface area contributed by atoms with E-state index in [0.717, 1.165) is 65.1 Å². The Hall–Kier alpha value is -0.650. The molecule has 0 aromatic heterocycles. The SMILES string of the molecule is O=C(C1CCCO1)N1CCC2(CC1)CNCCO2. The summed E-state index contributed by atoms with van der Waals surface area (Å²) in [5.74, 6) is 0.186. The van der Waals surface area contributed by atoms with E-state index >= 15 is 0 Å². The Balaban J connectivity index is 1.54. The Bertz CT molecular complexity index is 299. The van der Waals surface area contributed by atoms with Crippen molar-refractivity contribution in [3.05, 3.63) is 0 Å². The first-order valence-corrected chi connectivity index (χ1v) is 7.04. The number of carbonyl (C=O) groups is 1. The molecule has 0 aromatic carbocycles. The maximum atomic E-state index is 12.2. The minimum atomic E-state index is -0.176. The van der Waals surface area contributed by atoms with E-state index in [0.29, 0.717) is 0 Å². The van der Waals surface area contributed by atoms with Crippen LogP contribution in [0.2, 0.25) is 0 Å². The number of likely N-dealkylation sites (tertiary alicyclic amines) is 1. The second kappa shape index (κ2) is 5.15. The van der Waals surface area contributed by atoms with Crippen molar-refractivity contribution in [3.8, 4) is 0 Å². The van der Waals surface area contributed by atoms with E-state index in [1.54, 1.807) is 0 Å². The molecule has 1 N–H and O–H groups in total. The summed E-state index contributed by atoms with van der Waals surface area (Å²) in [6.07, 6.45) is 3.61. The van der Waals surface area contributed by atoms with Gasteiger partial charge in [0.05, 0.1) is 12.2 Å². The molecule has 0 aliphatic carbocycles. The highest BCUT2D eigenvalue weighted by Crippen LogP contribution is 2.28. The molecule has 0 bridgehead atoms. The largest absolute Gasteiger partial charge is 0.372 e. The van der Waals surface area contributed by atoms with Crippen LogP contribution in [0.15, 0.2) is 0 Å². The number of hydrogen-bond acceptors (Lipinski definition) is 4. The number of piperidine rings is 1. The van der Waals surface area contributed by atoms with E-state index < -0.39 is 0 Å². The summed E-state index contributed by atoms with van der Waals surface area (Å²) >= 11 is 0. The van der Waals surface area contributed by atoms with Crippen molar-refractivity contribution in [1.29, 1.82) is 0 Å². The van der Waals surface area contributed by atoms with Gasteiger partial charge in [-0.3, -0.25) is 4.79 Å². The first kappa shape index (κ1) is 12.4. The highest BCUT2D eigenvalue weighted by molar-refractivity contribution is 5.81. The Kier molecular flexibility index (Phi) is 3.54. The molecule has 1 spiro atoms. The fraction of sp³-hybridized carbons (Fsp3) is 0.923. The lowest BCUT2D eigenvalue weighted by Gasteiger charge is -2.44. The fourth-order valence-corrected chi connectivity index (χ4v) is 3.14. The lowest BCUT2D eigenvalue weighted by molar-refractivity contribution is -0.149. The summed E-state index contributed by atoms with van der Waals surface area (Å²) in [7, 11) is 0. The first-order valence-electron chi connectivity index (χ1n) is 7.04. The fourth-order valence-electron chi connectivity index (χ4n) is 3.14. The molecule has 1 atom stereocenters. The van der Waals surface area contributed by atoms with E-state index in [2.05, 4.69) is 5.32 Å². The zero-order chi connectivity index (χ0) is 12.4. The highest BCUT2D eigenvalue weighted by Gasteiger charge is 2.39. The lowest BCUT2D eigenvalue weighted by Crippen LogP contribution is -2.57. The number of ether oxygens (including phenoxy) is 2. The number of amides is 1. The number of rotatable bonds is 1. The molecule has 3 aliphatic heterocycles. The van der Waals surface area contributed by atoms with E-state index in [1.807, 2.05) is 4.90 Å². The van der Waals surface area contributed by atoms with Crippen LogP contribution in [0, 0.1) is 0 Å². The van der Waals surface area contributed by atoms with E-state index in [9.17, 15) is 4.79 Å². The van der Waals surface area contributed by atoms with Crippen LogP contribution in [-0.2, 0) is 14.3 Å². The summed E-state index contributed by atoms with van der Waals surface area (Å²) in [6.45, 7) is 5.01. The third kappa shape index (κ3) is 2.39. The third-order valence-corrected chi connectivity index (χ3v) is 4.33. The van der Waals surface area contributed by atoms with Gasteiger partial charge in [-0.05, 0) is 25.7 Å². The number of carbonyl (C=O) groups excluding carboxylic acids is 1. The van der Waals surface area contributed by atoms with Gasteiger partial charge in [-0.15, -0.1) is 0 Å². The first-order chi connectivity index (χ1) is 8.79. The number of morpholine rings is 1. The zero-order valence-electron chi connectivity index (χ0n) is 10.8. The van der Waals surface area contributed by atoms with Crippen molar-refractivity contribution >= 4 is 5.91 Å². The Morgan fingerprint density at radius 2 is 2.11 bits per heavy atom. The number of hydrogen-bond donors (Lipinski definition) is 1. The molecule has 3 fully saturated rings. The smallest absolute Gasteiger partial charge is 0.251 e. The van der Waals surface area contributed by atoms with Crippen molar-refractivity contribution in [1.82, 2.24) is 10.2 Å². The predicted molar refractivity (Wildman–Crippen MR) is 66.3 cm³/mol. The predicted octanol–water partition coefficient (Wildman–Crippen LogP) is 0.146. The minimum absolute atomic E-state index is 0.0223. The van der Waals surface area contributed by atoms with Crippen molar-refractivity contribution in [2.24, 2.45) is 0 Å². The Labute approximate surface area is 108 Å². The lowest BCUT2D eigenvalue weighted by atomic mass is 9.90. The molecule has 3 saturated heterocycles. The highest BCUT2D eigenvalue weighted by atomic mass is 16.5. The second-order valence-electron chi connectivity index (χ2n) is 5.54. The van der Waals surface area contributed by atoms with Gasteiger partial charge in [0.25, 0.3) is 5.91 Å². The average molecular weight is 254 g/mol. The minimum Gasteiger partial charge on any atom is -0.372 e. The van der Waals surface area contributed by atoms with Gasteiger partial charge in [0.15, 0.2) is 0 Å². The van der Waals surface area contributed by atoms with Crippen LogP contribution < -0.4 is 5.32 Å². The van der Waals surface area contributed by atoms with Gasteiger partial charge in [-0.1, -0.05) is 0 Å². The van der Waals surface area contributed by atoms with Crippen LogP contribution in [-0.4, -0.2) is 61.9 Å². The summed E-state index contributed by atoms with van der Waals surface area (Å²) in [4.78, 5) is 14.2. The van der Waals surface area contributed by atoms with Gasteiger partial charge < -0.3 is 19.7 Å². The molecular formula is C13H22N2O3. The average Bonchev–Trinajstić information content (AvgIpc) is 2.94. The second-order valence-corrected chi connectivity index (χ2v) is 5.54. The number of nitrogens with one attached hydrogen (secondary N) is 1. The van der Waals surface area contributed by atoms with Crippen molar-refractivity contribution in [3.63, 3.8) is 0 Å². The van der Waals surface area contributed by atoms with Gasteiger partial charge in [-0.2, -0.15) is 0 Å². The van der Waals surface area contributed by atoms with Crippen LogP contribution >= 0.6 is 0 Å². The molecule has 0 aromatic rings. The topological polar surface area (TPSA) is 50.8 Å². The standard InChI is InChI=1S/C13H22N2O3/c16-12(11-2-1-8-17-11)15-6-3-13(4-7-15)10-14-5-9-18-13/h11,14H,1-10H2. The van der Waals surface area contributed by atoms with Gasteiger partial charge >= 0.3 is 0 Å². The normalized spacial score (nSPS) is 31.8. The van der Waals surface area contributed by atoms with Crippen LogP contribution in [0.1, 0.15) is 25.7 Å². The monoisotopic (exact) mass is 254 g/mol. The molecule has 5 nitrogen and oxygen atoms in total. The number of nitrogens with zero attached hydrogens (tertiary/aromatic N) is 1. The van der Waals surface area contributed by atoms with Crippen LogP contribution in [0.3, 0.4) is 0 Å². The quantitative estimate of drug-likeness (QED) is 0.723. The van der Waals surface area contributed by atoms with Crippen molar-refractivity contribution < 1.29 is 14.3 Å². The maximum absolute atomic E-state index is 12.2. The van der Waals surface area contributed by atoms with Gasteiger partial charge in [-0.25, -0.2) is 0 Å². The van der Waals surface area contributed by atoms with E-state index in [4.69, 9.17) is 9.47 Å². The van der Waals surface area contributed by atoms with Gasteiger partial charge in [0, 0.05) is 32.8 Å². The molecule has 5 heteroatoms. The molecule has 0 radical (unpaired) electrons. The summed E-state index contributed by atoms with van der Waals surface area (Å²) in [5.41, 5.74) is -0.0223. The van der Waals surface area contributed by atoms with E-state index in [1.165, 1.54) is 0 Å². The molecule has 3 heterocycles. The third-order valence-electron chi connectivity index (χ3n) is 4.33. The summed E-state index contributed by atoms with van der Waals surface area (Å²) < 4.78 is 11.4. The Morgan fingerprint density at radius 1 is 1.28 bits per heavy atom. The van der Waals surface area contributed by atoms with Crippen molar-refractivity contribution in [2.45, 2.75) is 37.4 Å². The molecule has 102 valence electrons. The Morgan fingerprint density at radius 3 is 2.72 bits per heavy atom. The maximum Gasteiger partial charge on any atom is 0.251 e. The van der Waals surface area contributed by atoms with Crippen LogP contribution in [0.25, 0.3) is 0 Å². The van der Waals surface area contributed by atoms with Crippen LogP contribution in [0.5, 0.6) is 0 Å².